The van der Waals surface area contributed by atoms with E-state index in [1.165, 1.54) is 0 Å². The normalized spacial score (nSPS) is 15.7. The van der Waals surface area contributed by atoms with Crippen LogP contribution in [0.1, 0.15) is 6.92 Å². The van der Waals surface area contributed by atoms with Crippen LogP contribution in [-0.2, 0) is 0 Å². The molecular formula is C14H24N2O2. The second kappa shape index (κ2) is 9.88. The number of nitrogens with zero attached hydrogens (tertiary/aromatic N) is 1. The Morgan fingerprint density at radius 1 is 1.22 bits per heavy atom. The molecule has 4 nitrogen and oxygen atoms in total. The standard InChI is InChI=1S/C8H10O.C6H14N2O/c1-2-9-8-6-4-3-5-7-8;9-6-5-8-3-1-7-2-4-8/h3-7H,2H2,1H3;7,9H,1-6H2. The van der Waals surface area contributed by atoms with Crippen LogP contribution in [0.25, 0.3) is 0 Å². The van der Waals surface area contributed by atoms with Crippen molar-refractivity contribution < 1.29 is 9.84 Å². The molecule has 1 aliphatic rings. The lowest BCUT2D eigenvalue weighted by molar-refractivity contribution is 0.180. The van der Waals surface area contributed by atoms with Gasteiger partial charge in [-0.2, -0.15) is 0 Å². The average Bonchev–Trinajstić information content (AvgIpc) is 2.43. The molecule has 0 aliphatic carbocycles. The number of ether oxygens (including phenoxy) is 1. The maximum absolute atomic E-state index is 8.56. The zero-order valence-corrected chi connectivity index (χ0v) is 11.1. The lowest BCUT2D eigenvalue weighted by atomic mass is 10.3. The summed E-state index contributed by atoms with van der Waals surface area (Å²) in [6, 6.07) is 9.80. The fraction of sp³-hybridized carbons (Fsp3) is 0.571. The van der Waals surface area contributed by atoms with Crippen LogP contribution in [0.4, 0.5) is 0 Å². The van der Waals surface area contributed by atoms with Crippen molar-refractivity contribution in [3.8, 4) is 5.75 Å². The predicted molar refractivity (Wildman–Crippen MR) is 74.0 cm³/mol. The van der Waals surface area contributed by atoms with Gasteiger partial charge in [0.15, 0.2) is 0 Å². The number of piperazine rings is 1. The Kier molecular flexibility index (Phi) is 8.21. The van der Waals surface area contributed by atoms with E-state index in [0.29, 0.717) is 6.61 Å². The van der Waals surface area contributed by atoms with Crippen molar-refractivity contribution >= 4 is 0 Å². The highest BCUT2D eigenvalue weighted by molar-refractivity contribution is 5.20. The van der Waals surface area contributed by atoms with Gasteiger partial charge in [-0.3, -0.25) is 4.90 Å². The van der Waals surface area contributed by atoms with Crippen LogP contribution in [0, 0.1) is 0 Å². The predicted octanol–water partition coefficient (Wildman–Crippen LogP) is 0.969. The minimum Gasteiger partial charge on any atom is -0.494 e. The van der Waals surface area contributed by atoms with E-state index in [0.717, 1.165) is 45.1 Å². The van der Waals surface area contributed by atoms with Gasteiger partial charge in [-0.25, -0.2) is 0 Å². The summed E-state index contributed by atoms with van der Waals surface area (Å²) in [7, 11) is 0. The summed E-state index contributed by atoms with van der Waals surface area (Å²) < 4.78 is 5.21. The molecule has 0 spiro atoms. The fourth-order valence-corrected chi connectivity index (χ4v) is 1.76. The molecule has 0 unspecified atom stereocenters. The topological polar surface area (TPSA) is 44.7 Å². The minimum atomic E-state index is 0.292. The summed E-state index contributed by atoms with van der Waals surface area (Å²) in [4.78, 5) is 2.26. The first-order valence-corrected chi connectivity index (χ1v) is 6.58. The Morgan fingerprint density at radius 3 is 2.44 bits per heavy atom. The number of β-amino-alcohol motifs (C(OH)–C–C–N with tert-alkyl or cyclic N) is 1. The summed E-state index contributed by atoms with van der Waals surface area (Å²) in [5, 5.41) is 11.8. The highest BCUT2D eigenvalue weighted by Crippen LogP contribution is 2.06. The van der Waals surface area contributed by atoms with Crippen molar-refractivity contribution in [2.75, 3.05) is 45.9 Å². The third kappa shape index (κ3) is 6.59. The van der Waals surface area contributed by atoms with E-state index >= 15 is 0 Å². The number of aliphatic hydroxyl groups is 1. The van der Waals surface area contributed by atoms with Crippen molar-refractivity contribution in [2.45, 2.75) is 6.92 Å². The van der Waals surface area contributed by atoms with Crippen LogP contribution < -0.4 is 10.1 Å². The molecule has 0 saturated carbocycles. The minimum absolute atomic E-state index is 0.292. The van der Waals surface area contributed by atoms with Gasteiger partial charge in [0.05, 0.1) is 13.2 Å². The lowest BCUT2D eigenvalue weighted by Crippen LogP contribution is -2.44. The maximum Gasteiger partial charge on any atom is 0.119 e. The number of para-hydroxylation sites is 1. The third-order valence-corrected chi connectivity index (χ3v) is 2.68. The number of nitrogens with one attached hydrogen (secondary N) is 1. The Labute approximate surface area is 110 Å². The Bertz CT molecular complexity index is 284. The summed E-state index contributed by atoms with van der Waals surface area (Å²) in [5.74, 6) is 0.944. The Morgan fingerprint density at radius 2 is 1.89 bits per heavy atom. The molecular weight excluding hydrogens is 228 g/mol. The molecule has 102 valence electrons. The van der Waals surface area contributed by atoms with Crippen molar-refractivity contribution in [1.82, 2.24) is 10.2 Å². The van der Waals surface area contributed by atoms with Crippen molar-refractivity contribution in [3.05, 3.63) is 30.3 Å². The van der Waals surface area contributed by atoms with E-state index in [1.54, 1.807) is 0 Å². The molecule has 1 aromatic rings. The molecule has 1 heterocycles. The van der Waals surface area contributed by atoms with Gasteiger partial charge in [-0.1, -0.05) is 18.2 Å². The second-order valence-electron chi connectivity index (χ2n) is 4.06. The molecule has 0 radical (unpaired) electrons. The average molecular weight is 252 g/mol. The van der Waals surface area contributed by atoms with E-state index in [2.05, 4.69) is 10.2 Å². The van der Waals surface area contributed by atoms with Crippen molar-refractivity contribution in [3.63, 3.8) is 0 Å². The zero-order valence-electron chi connectivity index (χ0n) is 11.1. The molecule has 4 heteroatoms. The van der Waals surface area contributed by atoms with Crippen molar-refractivity contribution in [1.29, 1.82) is 0 Å². The van der Waals surface area contributed by atoms with E-state index in [-0.39, 0.29) is 0 Å². The van der Waals surface area contributed by atoms with Gasteiger partial charge in [-0.15, -0.1) is 0 Å². The van der Waals surface area contributed by atoms with Crippen LogP contribution >= 0.6 is 0 Å². The number of aliphatic hydroxyl groups excluding tert-OH is 1. The molecule has 2 rings (SSSR count). The largest absolute Gasteiger partial charge is 0.494 e. The number of benzene rings is 1. The van der Waals surface area contributed by atoms with Crippen LogP contribution in [-0.4, -0.2) is 55.9 Å². The molecule has 1 aromatic carbocycles. The maximum atomic E-state index is 8.56. The third-order valence-electron chi connectivity index (χ3n) is 2.68. The first-order valence-electron chi connectivity index (χ1n) is 6.58. The monoisotopic (exact) mass is 252 g/mol. The van der Waals surface area contributed by atoms with Gasteiger partial charge >= 0.3 is 0 Å². The zero-order chi connectivity index (χ0) is 13.1. The number of hydrogen-bond acceptors (Lipinski definition) is 4. The van der Waals surface area contributed by atoms with E-state index in [1.807, 2.05) is 37.3 Å². The van der Waals surface area contributed by atoms with Crippen molar-refractivity contribution in [2.24, 2.45) is 0 Å². The van der Waals surface area contributed by atoms with Gasteiger partial charge in [0, 0.05) is 32.7 Å². The van der Waals surface area contributed by atoms with E-state index in [4.69, 9.17) is 9.84 Å². The smallest absolute Gasteiger partial charge is 0.119 e. The van der Waals surface area contributed by atoms with Gasteiger partial charge in [0.1, 0.15) is 5.75 Å². The number of rotatable bonds is 4. The second-order valence-corrected chi connectivity index (χ2v) is 4.06. The highest BCUT2D eigenvalue weighted by atomic mass is 16.5. The molecule has 18 heavy (non-hydrogen) atoms. The molecule has 1 fully saturated rings. The Balaban J connectivity index is 0.000000180. The van der Waals surface area contributed by atoms with Gasteiger partial charge in [0.2, 0.25) is 0 Å². The number of hydrogen-bond donors (Lipinski definition) is 2. The van der Waals surface area contributed by atoms with Gasteiger partial charge in [0.25, 0.3) is 0 Å². The molecule has 1 saturated heterocycles. The van der Waals surface area contributed by atoms with Gasteiger partial charge < -0.3 is 15.2 Å². The first kappa shape index (κ1) is 15.0. The molecule has 0 aromatic heterocycles. The summed E-state index contributed by atoms with van der Waals surface area (Å²) in [5.41, 5.74) is 0. The Hall–Kier alpha value is -1.10. The first-order chi connectivity index (χ1) is 8.86. The summed E-state index contributed by atoms with van der Waals surface area (Å²) in [6.45, 7) is 8.15. The summed E-state index contributed by atoms with van der Waals surface area (Å²) in [6.07, 6.45) is 0. The van der Waals surface area contributed by atoms with Crippen LogP contribution in [0.3, 0.4) is 0 Å². The van der Waals surface area contributed by atoms with Crippen LogP contribution in [0.15, 0.2) is 30.3 Å². The van der Waals surface area contributed by atoms with E-state index < -0.39 is 0 Å². The quantitative estimate of drug-likeness (QED) is 0.838. The molecule has 0 amide bonds. The fourth-order valence-electron chi connectivity index (χ4n) is 1.76. The molecule has 0 atom stereocenters. The summed E-state index contributed by atoms with van der Waals surface area (Å²) >= 11 is 0. The highest BCUT2D eigenvalue weighted by Gasteiger charge is 2.06. The SMILES string of the molecule is CCOc1ccccc1.OCCN1CCNCC1. The van der Waals surface area contributed by atoms with Crippen LogP contribution in [0.2, 0.25) is 0 Å². The van der Waals surface area contributed by atoms with Crippen LogP contribution in [0.5, 0.6) is 5.75 Å². The van der Waals surface area contributed by atoms with Gasteiger partial charge in [-0.05, 0) is 19.1 Å². The lowest BCUT2D eigenvalue weighted by Gasteiger charge is -2.25. The molecule has 1 aliphatic heterocycles. The molecule has 0 bridgehead atoms. The van der Waals surface area contributed by atoms with E-state index in [9.17, 15) is 0 Å². The molecule has 2 N–H and O–H groups in total.